The van der Waals surface area contributed by atoms with Gasteiger partial charge in [-0.25, -0.2) is 0 Å². The molecular weight excluding hydrogens is 316 g/mol. The van der Waals surface area contributed by atoms with Crippen LogP contribution in [0.1, 0.15) is 24.1 Å². The van der Waals surface area contributed by atoms with Crippen LogP contribution in [0.15, 0.2) is 53.3 Å². The summed E-state index contributed by atoms with van der Waals surface area (Å²) in [4.78, 5) is 15.2. The van der Waals surface area contributed by atoms with Crippen LogP contribution in [0.4, 0.5) is 0 Å². The predicted octanol–water partition coefficient (Wildman–Crippen LogP) is 3.15. The lowest BCUT2D eigenvalue weighted by molar-refractivity contribution is 0.171. The highest BCUT2D eigenvalue weighted by atomic mass is 16.6. The second-order valence-corrected chi connectivity index (χ2v) is 6.22. The lowest BCUT2D eigenvalue weighted by Crippen LogP contribution is -2.24. The highest BCUT2D eigenvalue weighted by Gasteiger charge is 2.14. The van der Waals surface area contributed by atoms with Gasteiger partial charge in [-0.2, -0.15) is 0 Å². The van der Waals surface area contributed by atoms with Gasteiger partial charge in [0.25, 0.3) is 5.56 Å². The first-order valence-corrected chi connectivity index (χ1v) is 8.44. The average Bonchev–Trinajstić information content (AvgIpc) is 2.65. The van der Waals surface area contributed by atoms with E-state index in [-0.39, 0.29) is 11.6 Å². The van der Waals surface area contributed by atoms with Gasteiger partial charge in [-0.3, -0.25) is 4.79 Å². The van der Waals surface area contributed by atoms with E-state index in [0.29, 0.717) is 19.8 Å². The quantitative estimate of drug-likeness (QED) is 0.768. The molecule has 1 unspecified atom stereocenters. The SMILES string of the molecule is CC(NCc1cc2ccccc2[nH]c1=O)c1ccc2c(c1)OCCO2. The summed E-state index contributed by atoms with van der Waals surface area (Å²) in [5, 5.41) is 4.44. The van der Waals surface area contributed by atoms with Crippen molar-refractivity contribution in [2.24, 2.45) is 0 Å². The summed E-state index contributed by atoms with van der Waals surface area (Å²) >= 11 is 0. The second-order valence-electron chi connectivity index (χ2n) is 6.22. The fraction of sp³-hybridized carbons (Fsp3) is 0.250. The molecular formula is C20H20N2O3. The van der Waals surface area contributed by atoms with Crippen LogP contribution in [-0.4, -0.2) is 18.2 Å². The van der Waals surface area contributed by atoms with Gasteiger partial charge in [-0.1, -0.05) is 24.3 Å². The van der Waals surface area contributed by atoms with Gasteiger partial charge in [0.05, 0.1) is 0 Å². The fourth-order valence-electron chi connectivity index (χ4n) is 3.03. The normalized spacial score (nSPS) is 14.4. The van der Waals surface area contributed by atoms with E-state index in [4.69, 9.17) is 9.47 Å². The monoisotopic (exact) mass is 336 g/mol. The van der Waals surface area contributed by atoms with Gasteiger partial charge in [0.1, 0.15) is 13.2 Å². The number of rotatable bonds is 4. The van der Waals surface area contributed by atoms with E-state index >= 15 is 0 Å². The molecule has 2 aromatic carbocycles. The van der Waals surface area contributed by atoms with Gasteiger partial charge in [0, 0.05) is 23.7 Å². The Bertz CT molecular complexity index is 965. The van der Waals surface area contributed by atoms with Crippen molar-refractivity contribution in [1.29, 1.82) is 0 Å². The molecule has 1 atom stereocenters. The smallest absolute Gasteiger partial charge is 0.252 e. The number of aromatic amines is 1. The maximum Gasteiger partial charge on any atom is 0.252 e. The van der Waals surface area contributed by atoms with Crippen LogP contribution in [-0.2, 0) is 6.54 Å². The van der Waals surface area contributed by atoms with Crippen molar-refractivity contribution < 1.29 is 9.47 Å². The van der Waals surface area contributed by atoms with Crippen molar-refractivity contribution in [2.45, 2.75) is 19.5 Å². The van der Waals surface area contributed by atoms with Crippen LogP contribution >= 0.6 is 0 Å². The molecule has 0 fully saturated rings. The van der Waals surface area contributed by atoms with Crippen LogP contribution in [0.25, 0.3) is 10.9 Å². The molecule has 128 valence electrons. The number of hydrogen-bond acceptors (Lipinski definition) is 4. The topological polar surface area (TPSA) is 63.4 Å². The molecule has 0 saturated carbocycles. The number of para-hydroxylation sites is 1. The number of benzene rings is 2. The minimum absolute atomic E-state index is 0.0550. The van der Waals surface area contributed by atoms with Gasteiger partial charge in [-0.15, -0.1) is 0 Å². The third-order valence-corrected chi connectivity index (χ3v) is 4.50. The van der Waals surface area contributed by atoms with Crippen LogP contribution < -0.4 is 20.3 Å². The largest absolute Gasteiger partial charge is 0.486 e. The molecule has 4 rings (SSSR count). The van der Waals surface area contributed by atoms with Crippen molar-refractivity contribution in [2.75, 3.05) is 13.2 Å². The maximum atomic E-state index is 12.2. The summed E-state index contributed by atoms with van der Waals surface area (Å²) in [6.07, 6.45) is 0. The number of hydrogen-bond donors (Lipinski definition) is 2. The van der Waals surface area contributed by atoms with Gasteiger partial charge in [0.2, 0.25) is 0 Å². The Morgan fingerprint density at radius 3 is 2.76 bits per heavy atom. The molecule has 2 heterocycles. The predicted molar refractivity (Wildman–Crippen MR) is 97.3 cm³/mol. The van der Waals surface area contributed by atoms with E-state index in [1.165, 1.54) is 0 Å². The summed E-state index contributed by atoms with van der Waals surface area (Å²) in [5.41, 5.74) is 2.63. The highest BCUT2D eigenvalue weighted by molar-refractivity contribution is 5.78. The second kappa shape index (κ2) is 6.61. The highest BCUT2D eigenvalue weighted by Crippen LogP contribution is 2.32. The summed E-state index contributed by atoms with van der Waals surface area (Å²) in [6, 6.07) is 15.8. The molecule has 25 heavy (non-hydrogen) atoms. The van der Waals surface area contributed by atoms with E-state index in [1.54, 1.807) is 0 Å². The number of H-pyrrole nitrogens is 1. The average molecular weight is 336 g/mol. The summed E-state index contributed by atoms with van der Waals surface area (Å²) in [6.45, 7) is 3.73. The maximum absolute atomic E-state index is 12.2. The first-order valence-electron chi connectivity index (χ1n) is 8.44. The molecule has 3 aromatic rings. The van der Waals surface area contributed by atoms with Crippen molar-refractivity contribution in [3.63, 3.8) is 0 Å². The van der Waals surface area contributed by atoms with E-state index < -0.39 is 0 Å². The minimum Gasteiger partial charge on any atom is -0.486 e. The zero-order valence-corrected chi connectivity index (χ0v) is 14.0. The van der Waals surface area contributed by atoms with E-state index in [1.807, 2.05) is 48.5 Å². The van der Waals surface area contributed by atoms with Gasteiger partial charge >= 0.3 is 0 Å². The summed E-state index contributed by atoms with van der Waals surface area (Å²) < 4.78 is 11.2. The molecule has 5 nitrogen and oxygen atoms in total. The van der Waals surface area contributed by atoms with E-state index in [0.717, 1.165) is 33.5 Å². The molecule has 5 heteroatoms. The zero-order valence-electron chi connectivity index (χ0n) is 14.0. The van der Waals surface area contributed by atoms with Crippen molar-refractivity contribution >= 4 is 10.9 Å². The van der Waals surface area contributed by atoms with Crippen molar-refractivity contribution in [1.82, 2.24) is 10.3 Å². The zero-order chi connectivity index (χ0) is 17.2. The van der Waals surface area contributed by atoms with Crippen LogP contribution in [0, 0.1) is 0 Å². The molecule has 0 amide bonds. The Hall–Kier alpha value is -2.79. The molecule has 0 bridgehead atoms. The molecule has 0 radical (unpaired) electrons. The molecule has 0 aliphatic carbocycles. The van der Waals surface area contributed by atoms with Crippen LogP contribution in [0.2, 0.25) is 0 Å². The van der Waals surface area contributed by atoms with E-state index in [9.17, 15) is 4.79 Å². The Morgan fingerprint density at radius 2 is 1.88 bits per heavy atom. The minimum atomic E-state index is -0.0550. The molecule has 1 aliphatic heterocycles. The molecule has 1 aromatic heterocycles. The van der Waals surface area contributed by atoms with Crippen LogP contribution in [0.3, 0.4) is 0 Å². The fourth-order valence-corrected chi connectivity index (χ4v) is 3.03. The Kier molecular flexibility index (Phi) is 4.15. The lowest BCUT2D eigenvalue weighted by atomic mass is 10.1. The van der Waals surface area contributed by atoms with Crippen molar-refractivity contribution in [3.8, 4) is 11.5 Å². The number of ether oxygens (including phenoxy) is 2. The van der Waals surface area contributed by atoms with Gasteiger partial charge in [-0.05, 0) is 42.1 Å². The third kappa shape index (κ3) is 3.23. The first kappa shape index (κ1) is 15.7. The summed E-state index contributed by atoms with van der Waals surface area (Å²) in [5.74, 6) is 1.56. The van der Waals surface area contributed by atoms with Gasteiger partial charge in [0.15, 0.2) is 11.5 Å². The van der Waals surface area contributed by atoms with Gasteiger partial charge < -0.3 is 19.8 Å². The number of fused-ring (bicyclic) bond motifs is 2. The Labute approximate surface area is 145 Å². The number of pyridine rings is 1. The Morgan fingerprint density at radius 1 is 1.08 bits per heavy atom. The molecule has 0 spiro atoms. The molecule has 1 aliphatic rings. The van der Waals surface area contributed by atoms with Crippen molar-refractivity contribution in [3.05, 3.63) is 70.0 Å². The molecule has 0 saturated heterocycles. The summed E-state index contributed by atoms with van der Waals surface area (Å²) in [7, 11) is 0. The lowest BCUT2D eigenvalue weighted by Gasteiger charge is -2.21. The Balaban J connectivity index is 1.51. The first-order chi connectivity index (χ1) is 12.2. The third-order valence-electron chi connectivity index (χ3n) is 4.50. The standard InChI is InChI=1S/C20H20N2O3/c1-13(14-6-7-18-19(11-14)25-9-8-24-18)21-12-16-10-15-4-2-3-5-17(15)22-20(16)23/h2-7,10-11,13,21H,8-9,12H2,1H3,(H,22,23). The number of nitrogens with one attached hydrogen (secondary N) is 2. The number of aromatic nitrogens is 1. The van der Waals surface area contributed by atoms with Crippen LogP contribution in [0.5, 0.6) is 11.5 Å². The van der Waals surface area contributed by atoms with E-state index in [2.05, 4.69) is 17.2 Å². The molecule has 2 N–H and O–H groups in total.